The van der Waals surface area contributed by atoms with Crippen LogP contribution in [-0.4, -0.2) is 5.54 Å². The highest BCUT2D eigenvalue weighted by atomic mass is 19.1. The summed E-state index contributed by atoms with van der Waals surface area (Å²) in [7, 11) is 0. The summed E-state index contributed by atoms with van der Waals surface area (Å²) in [5, 5.41) is 12.8. The molecule has 1 aliphatic carbocycles. The van der Waals surface area contributed by atoms with Crippen molar-refractivity contribution in [3.05, 3.63) is 30.1 Å². The summed E-state index contributed by atoms with van der Waals surface area (Å²) in [5.74, 6) is -0.0289. The Balaban J connectivity index is 2.28. The maximum atomic E-state index is 13.2. The maximum Gasteiger partial charge on any atom is 0.128 e. The molecule has 0 amide bonds. The minimum atomic E-state index is -0.586. The van der Waals surface area contributed by atoms with Crippen LogP contribution in [0.2, 0.25) is 0 Å². The third kappa shape index (κ3) is 2.33. The molecular weight excluding hydrogens is 227 g/mol. The van der Waals surface area contributed by atoms with Gasteiger partial charge in [-0.25, -0.2) is 4.39 Å². The van der Waals surface area contributed by atoms with Crippen molar-refractivity contribution in [1.29, 1.82) is 5.26 Å². The Morgan fingerprint density at radius 3 is 2.67 bits per heavy atom. The van der Waals surface area contributed by atoms with Gasteiger partial charge in [-0.3, -0.25) is 0 Å². The van der Waals surface area contributed by atoms with Crippen LogP contribution >= 0.6 is 0 Å². The predicted molar refractivity (Wildman–Crippen MR) is 70.5 cm³/mol. The molecule has 0 saturated heterocycles. The van der Waals surface area contributed by atoms with Crippen molar-refractivity contribution in [1.82, 2.24) is 0 Å². The first-order chi connectivity index (χ1) is 8.37. The summed E-state index contributed by atoms with van der Waals surface area (Å²) >= 11 is 0. The lowest BCUT2D eigenvalue weighted by atomic mass is 9.87. The average molecular weight is 246 g/mol. The number of nitrogens with zero attached hydrogens (tertiary/aromatic N) is 1. The molecule has 0 spiro atoms. The summed E-state index contributed by atoms with van der Waals surface area (Å²) in [5.41, 5.74) is 0.244. The lowest BCUT2D eigenvalue weighted by molar-refractivity contribution is 0.363. The van der Waals surface area contributed by atoms with Gasteiger partial charge in [0.05, 0.1) is 6.07 Å². The Bertz CT molecular complexity index is 490. The number of benzene rings is 1. The van der Waals surface area contributed by atoms with Crippen molar-refractivity contribution in [2.24, 2.45) is 11.3 Å². The van der Waals surface area contributed by atoms with Crippen LogP contribution < -0.4 is 5.32 Å². The van der Waals surface area contributed by atoms with Crippen LogP contribution in [0.4, 0.5) is 10.1 Å². The van der Waals surface area contributed by atoms with Crippen LogP contribution in [0.5, 0.6) is 0 Å². The van der Waals surface area contributed by atoms with Gasteiger partial charge < -0.3 is 5.32 Å². The van der Waals surface area contributed by atoms with Gasteiger partial charge in [0.2, 0.25) is 0 Å². The van der Waals surface area contributed by atoms with Gasteiger partial charge in [-0.05, 0) is 42.4 Å². The van der Waals surface area contributed by atoms with E-state index < -0.39 is 5.54 Å². The van der Waals surface area contributed by atoms with Gasteiger partial charge in [0.1, 0.15) is 11.4 Å². The summed E-state index contributed by atoms with van der Waals surface area (Å²) in [6.45, 7) is 6.44. The van der Waals surface area contributed by atoms with Gasteiger partial charge in [-0.1, -0.05) is 26.8 Å². The number of hydrogen-bond donors (Lipinski definition) is 1. The van der Waals surface area contributed by atoms with E-state index in [2.05, 4.69) is 32.2 Å². The molecule has 0 bridgehead atoms. The molecule has 0 radical (unpaired) electrons. The van der Waals surface area contributed by atoms with Crippen LogP contribution in [0, 0.1) is 28.5 Å². The predicted octanol–water partition coefficient (Wildman–Crippen LogP) is 3.96. The molecule has 1 fully saturated rings. The fourth-order valence-electron chi connectivity index (χ4n) is 3.17. The average Bonchev–Trinajstić information content (AvgIpc) is 2.49. The minimum Gasteiger partial charge on any atom is -0.367 e. The van der Waals surface area contributed by atoms with Crippen molar-refractivity contribution in [3.63, 3.8) is 0 Å². The quantitative estimate of drug-likeness (QED) is 0.857. The van der Waals surface area contributed by atoms with Crippen molar-refractivity contribution >= 4 is 5.69 Å². The van der Waals surface area contributed by atoms with Gasteiger partial charge in [-0.15, -0.1) is 0 Å². The second kappa shape index (κ2) is 4.28. The second-order valence-corrected chi connectivity index (χ2v) is 6.16. The SMILES string of the molecule is CC1CC(C)(C)CC1(C#N)Nc1cccc(F)c1. The topological polar surface area (TPSA) is 35.8 Å². The number of nitriles is 1. The number of rotatable bonds is 2. The molecule has 0 aromatic heterocycles. The molecule has 1 aromatic rings. The Morgan fingerprint density at radius 2 is 2.17 bits per heavy atom. The molecule has 3 heteroatoms. The fraction of sp³-hybridized carbons (Fsp3) is 0.533. The van der Waals surface area contributed by atoms with E-state index in [9.17, 15) is 9.65 Å². The number of hydrogen-bond acceptors (Lipinski definition) is 2. The number of nitrogens with one attached hydrogen (secondary N) is 1. The van der Waals surface area contributed by atoms with Crippen molar-refractivity contribution in [2.45, 2.75) is 39.2 Å². The molecule has 2 rings (SSSR count). The van der Waals surface area contributed by atoms with Gasteiger partial charge in [0, 0.05) is 5.69 Å². The molecule has 2 unspecified atom stereocenters. The highest BCUT2D eigenvalue weighted by Crippen LogP contribution is 2.48. The summed E-state index contributed by atoms with van der Waals surface area (Å²) in [6, 6.07) is 8.73. The largest absolute Gasteiger partial charge is 0.367 e. The second-order valence-electron chi connectivity index (χ2n) is 6.16. The first kappa shape index (κ1) is 12.9. The molecule has 1 aromatic carbocycles. The molecule has 96 valence electrons. The van der Waals surface area contributed by atoms with E-state index in [1.165, 1.54) is 12.1 Å². The zero-order valence-corrected chi connectivity index (χ0v) is 11.1. The van der Waals surface area contributed by atoms with Gasteiger partial charge in [0.15, 0.2) is 0 Å². The molecule has 1 N–H and O–H groups in total. The lowest BCUT2D eigenvalue weighted by Gasteiger charge is -2.29. The van der Waals surface area contributed by atoms with E-state index in [0.29, 0.717) is 5.69 Å². The smallest absolute Gasteiger partial charge is 0.128 e. The first-order valence-corrected chi connectivity index (χ1v) is 6.32. The van der Waals surface area contributed by atoms with Crippen molar-refractivity contribution in [3.8, 4) is 6.07 Å². The van der Waals surface area contributed by atoms with Crippen molar-refractivity contribution in [2.75, 3.05) is 5.32 Å². The van der Waals surface area contributed by atoms with Crippen LogP contribution in [0.25, 0.3) is 0 Å². The van der Waals surface area contributed by atoms with E-state index in [1.54, 1.807) is 12.1 Å². The summed E-state index contributed by atoms with van der Waals surface area (Å²) in [6.07, 6.45) is 1.79. The fourth-order valence-corrected chi connectivity index (χ4v) is 3.17. The standard InChI is InChI=1S/C15H19FN2/c1-11-8-14(2,3)9-15(11,10-17)18-13-6-4-5-12(16)7-13/h4-7,11,18H,8-9H2,1-3H3. The molecule has 0 heterocycles. The Labute approximate surface area is 108 Å². The summed E-state index contributed by atoms with van der Waals surface area (Å²) < 4.78 is 13.2. The lowest BCUT2D eigenvalue weighted by Crippen LogP contribution is -2.39. The van der Waals surface area contributed by atoms with E-state index in [-0.39, 0.29) is 17.2 Å². The highest BCUT2D eigenvalue weighted by Gasteiger charge is 2.49. The first-order valence-electron chi connectivity index (χ1n) is 6.32. The third-order valence-corrected chi connectivity index (χ3v) is 3.85. The minimum absolute atomic E-state index is 0.148. The van der Waals surface area contributed by atoms with Gasteiger partial charge in [0.25, 0.3) is 0 Å². The Kier molecular flexibility index (Phi) is 3.06. The molecular formula is C15H19FN2. The van der Waals surface area contributed by atoms with Crippen molar-refractivity contribution < 1.29 is 4.39 Å². The molecule has 0 aliphatic heterocycles. The molecule has 1 aliphatic rings. The Hall–Kier alpha value is -1.56. The van der Waals surface area contributed by atoms with E-state index >= 15 is 0 Å². The third-order valence-electron chi connectivity index (χ3n) is 3.85. The number of halogens is 1. The van der Waals surface area contributed by atoms with Crippen LogP contribution in [-0.2, 0) is 0 Å². The highest BCUT2D eigenvalue weighted by molar-refractivity contribution is 5.49. The van der Waals surface area contributed by atoms with Crippen LogP contribution in [0.1, 0.15) is 33.6 Å². The molecule has 2 nitrogen and oxygen atoms in total. The zero-order valence-electron chi connectivity index (χ0n) is 11.1. The normalized spacial score (nSPS) is 29.8. The zero-order chi connectivity index (χ0) is 13.4. The van der Waals surface area contributed by atoms with Crippen LogP contribution in [0.3, 0.4) is 0 Å². The van der Waals surface area contributed by atoms with E-state index in [0.717, 1.165) is 12.8 Å². The maximum absolute atomic E-state index is 13.2. The van der Waals surface area contributed by atoms with E-state index in [1.807, 2.05) is 0 Å². The van der Waals surface area contributed by atoms with Crippen LogP contribution in [0.15, 0.2) is 24.3 Å². The molecule has 1 saturated carbocycles. The monoisotopic (exact) mass is 246 g/mol. The molecule has 2 atom stereocenters. The Morgan fingerprint density at radius 1 is 1.44 bits per heavy atom. The van der Waals surface area contributed by atoms with Gasteiger partial charge >= 0.3 is 0 Å². The van der Waals surface area contributed by atoms with E-state index in [4.69, 9.17) is 0 Å². The van der Waals surface area contributed by atoms with Gasteiger partial charge in [-0.2, -0.15) is 5.26 Å². The summed E-state index contributed by atoms with van der Waals surface area (Å²) in [4.78, 5) is 0. The molecule has 18 heavy (non-hydrogen) atoms. The number of anilines is 1.